The second-order valence-electron chi connectivity index (χ2n) is 6.34. The van der Waals surface area contributed by atoms with Crippen LogP contribution in [0, 0.1) is 0 Å². The normalized spacial score (nSPS) is 11.1. The standard InChI is InChI=1S/C22H22N2O4S/c1-28-20-9-5-6-10-21(20)29(26,27)24-16-18-11-13-19(14-12-18)22(25)23-15-17-7-3-2-4-8-17/h2-14,24H,15-16H2,1H3,(H,23,25). The number of carbonyl (C=O) groups excluding carboxylic acids is 1. The molecule has 3 rings (SSSR count). The third kappa shape index (κ3) is 5.43. The van der Waals surface area contributed by atoms with E-state index in [2.05, 4.69) is 10.0 Å². The summed E-state index contributed by atoms with van der Waals surface area (Å²) < 4.78 is 32.7. The topological polar surface area (TPSA) is 84.5 Å². The van der Waals surface area contributed by atoms with Crippen molar-refractivity contribution in [2.24, 2.45) is 0 Å². The summed E-state index contributed by atoms with van der Waals surface area (Å²) >= 11 is 0. The fraction of sp³-hybridized carbons (Fsp3) is 0.136. The molecule has 7 heteroatoms. The summed E-state index contributed by atoms with van der Waals surface area (Å²) in [5.41, 5.74) is 2.27. The Balaban J connectivity index is 1.59. The highest BCUT2D eigenvalue weighted by Gasteiger charge is 2.18. The van der Waals surface area contributed by atoms with Gasteiger partial charge >= 0.3 is 0 Å². The number of sulfonamides is 1. The van der Waals surface area contributed by atoms with E-state index in [-0.39, 0.29) is 23.1 Å². The summed E-state index contributed by atoms with van der Waals surface area (Å²) in [6.45, 7) is 0.548. The summed E-state index contributed by atoms with van der Waals surface area (Å²) in [7, 11) is -2.29. The fourth-order valence-electron chi connectivity index (χ4n) is 2.75. The van der Waals surface area contributed by atoms with Crippen molar-refractivity contribution in [1.82, 2.24) is 10.0 Å². The van der Waals surface area contributed by atoms with E-state index in [1.807, 2.05) is 30.3 Å². The Morgan fingerprint density at radius 3 is 2.14 bits per heavy atom. The van der Waals surface area contributed by atoms with Crippen molar-refractivity contribution in [3.05, 3.63) is 95.6 Å². The molecule has 2 N–H and O–H groups in total. The lowest BCUT2D eigenvalue weighted by molar-refractivity contribution is 0.0951. The molecule has 6 nitrogen and oxygen atoms in total. The van der Waals surface area contributed by atoms with Crippen LogP contribution in [0.2, 0.25) is 0 Å². The molecular formula is C22H22N2O4S. The average Bonchev–Trinajstić information content (AvgIpc) is 2.77. The van der Waals surface area contributed by atoms with Crippen LogP contribution in [-0.4, -0.2) is 21.4 Å². The Kier molecular flexibility index (Phi) is 6.64. The Hall–Kier alpha value is -3.16. The van der Waals surface area contributed by atoms with Crippen LogP contribution < -0.4 is 14.8 Å². The molecule has 0 aliphatic rings. The van der Waals surface area contributed by atoms with Crippen LogP contribution in [0.15, 0.2) is 83.8 Å². The van der Waals surface area contributed by atoms with Crippen molar-refractivity contribution in [3.63, 3.8) is 0 Å². The largest absolute Gasteiger partial charge is 0.495 e. The number of carbonyl (C=O) groups is 1. The smallest absolute Gasteiger partial charge is 0.251 e. The van der Waals surface area contributed by atoms with Crippen LogP contribution in [0.5, 0.6) is 5.75 Å². The van der Waals surface area contributed by atoms with Crippen LogP contribution in [0.25, 0.3) is 0 Å². The molecule has 0 aliphatic carbocycles. The third-order valence-electron chi connectivity index (χ3n) is 4.34. The summed E-state index contributed by atoms with van der Waals surface area (Å²) in [5.74, 6) is 0.0976. The van der Waals surface area contributed by atoms with Gasteiger partial charge < -0.3 is 10.1 Å². The maximum absolute atomic E-state index is 12.5. The fourth-order valence-corrected chi connectivity index (χ4v) is 3.94. The van der Waals surface area contributed by atoms with Gasteiger partial charge in [-0.25, -0.2) is 13.1 Å². The van der Waals surface area contributed by atoms with Gasteiger partial charge in [-0.15, -0.1) is 0 Å². The minimum absolute atomic E-state index is 0.0828. The third-order valence-corrected chi connectivity index (χ3v) is 5.78. The van der Waals surface area contributed by atoms with Crippen LogP contribution in [0.3, 0.4) is 0 Å². The molecule has 0 bridgehead atoms. The van der Waals surface area contributed by atoms with Crippen molar-refractivity contribution < 1.29 is 17.9 Å². The first-order valence-corrected chi connectivity index (χ1v) is 10.5. The number of hydrogen-bond acceptors (Lipinski definition) is 4. The highest BCUT2D eigenvalue weighted by molar-refractivity contribution is 7.89. The number of amides is 1. The highest BCUT2D eigenvalue weighted by atomic mass is 32.2. The molecule has 3 aromatic carbocycles. The molecule has 0 aromatic heterocycles. The molecule has 0 atom stereocenters. The zero-order valence-corrected chi connectivity index (χ0v) is 16.8. The van der Waals surface area contributed by atoms with E-state index in [9.17, 15) is 13.2 Å². The minimum Gasteiger partial charge on any atom is -0.495 e. The van der Waals surface area contributed by atoms with E-state index in [1.165, 1.54) is 13.2 Å². The number of benzene rings is 3. The molecule has 3 aromatic rings. The molecule has 0 aliphatic heterocycles. The van der Waals surface area contributed by atoms with E-state index in [4.69, 9.17) is 4.74 Å². The van der Waals surface area contributed by atoms with Crippen molar-refractivity contribution in [2.75, 3.05) is 7.11 Å². The second-order valence-corrected chi connectivity index (χ2v) is 8.08. The monoisotopic (exact) mass is 410 g/mol. The molecule has 29 heavy (non-hydrogen) atoms. The van der Waals surface area contributed by atoms with E-state index < -0.39 is 10.0 Å². The number of methoxy groups -OCH3 is 1. The summed E-state index contributed by atoms with van der Waals surface area (Å²) in [6, 6.07) is 22.9. The Labute approximate surface area is 170 Å². The van der Waals surface area contributed by atoms with Crippen molar-refractivity contribution >= 4 is 15.9 Å². The molecule has 1 amide bonds. The van der Waals surface area contributed by atoms with Crippen LogP contribution >= 0.6 is 0 Å². The molecule has 0 unspecified atom stereocenters. The zero-order chi connectivity index (χ0) is 20.7. The van der Waals surface area contributed by atoms with Crippen molar-refractivity contribution in [2.45, 2.75) is 18.0 Å². The number of rotatable bonds is 8. The van der Waals surface area contributed by atoms with Gasteiger partial charge in [0.15, 0.2) is 0 Å². The number of hydrogen-bond donors (Lipinski definition) is 2. The van der Waals surface area contributed by atoms with Crippen LogP contribution in [-0.2, 0) is 23.1 Å². The molecular weight excluding hydrogens is 388 g/mol. The lowest BCUT2D eigenvalue weighted by Gasteiger charge is -2.11. The van der Waals surface area contributed by atoms with Gasteiger partial charge in [0.2, 0.25) is 10.0 Å². The zero-order valence-electron chi connectivity index (χ0n) is 16.0. The first kappa shape index (κ1) is 20.6. The van der Waals surface area contributed by atoms with Gasteiger partial charge in [0.05, 0.1) is 7.11 Å². The van der Waals surface area contributed by atoms with Crippen LogP contribution in [0.4, 0.5) is 0 Å². The minimum atomic E-state index is -3.72. The average molecular weight is 410 g/mol. The quantitative estimate of drug-likeness (QED) is 0.598. The van der Waals surface area contributed by atoms with Gasteiger partial charge in [-0.2, -0.15) is 0 Å². The predicted octanol–water partition coefficient (Wildman–Crippen LogP) is 3.10. The van der Waals surface area contributed by atoms with E-state index in [1.54, 1.807) is 42.5 Å². The van der Waals surface area contributed by atoms with E-state index in [0.717, 1.165) is 11.1 Å². The molecule has 0 fully saturated rings. The Morgan fingerprint density at radius 2 is 1.45 bits per heavy atom. The maximum atomic E-state index is 12.5. The first-order valence-electron chi connectivity index (χ1n) is 9.03. The molecule has 0 saturated carbocycles. The second kappa shape index (κ2) is 9.36. The number of nitrogens with one attached hydrogen (secondary N) is 2. The SMILES string of the molecule is COc1ccccc1S(=O)(=O)NCc1ccc(C(=O)NCc2ccccc2)cc1. The number of ether oxygens (including phenoxy) is 1. The predicted molar refractivity (Wildman–Crippen MR) is 111 cm³/mol. The summed E-state index contributed by atoms with van der Waals surface area (Å²) in [6.07, 6.45) is 0. The lowest BCUT2D eigenvalue weighted by atomic mass is 10.1. The van der Waals surface area contributed by atoms with E-state index >= 15 is 0 Å². The lowest BCUT2D eigenvalue weighted by Crippen LogP contribution is -2.24. The molecule has 0 saturated heterocycles. The molecule has 0 heterocycles. The van der Waals surface area contributed by atoms with Crippen LogP contribution in [0.1, 0.15) is 21.5 Å². The van der Waals surface area contributed by atoms with Gasteiger partial charge in [-0.3, -0.25) is 4.79 Å². The molecule has 0 spiro atoms. The number of para-hydroxylation sites is 1. The Bertz CT molecular complexity index is 1070. The van der Waals surface area contributed by atoms with Crippen molar-refractivity contribution in [1.29, 1.82) is 0 Å². The van der Waals surface area contributed by atoms with E-state index in [0.29, 0.717) is 12.1 Å². The van der Waals surface area contributed by atoms with Gasteiger partial charge in [0.1, 0.15) is 10.6 Å². The maximum Gasteiger partial charge on any atom is 0.251 e. The summed E-state index contributed by atoms with van der Waals surface area (Å²) in [4.78, 5) is 12.3. The van der Waals surface area contributed by atoms with Gasteiger partial charge in [0, 0.05) is 18.7 Å². The summed E-state index contributed by atoms with van der Waals surface area (Å²) in [5, 5.41) is 2.86. The Morgan fingerprint density at radius 1 is 0.828 bits per heavy atom. The van der Waals surface area contributed by atoms with Gasteiger partial charge in [-0.1, -0.05) is 54.6 Å². The highest BCUT2D eigenvalue weighted by Crippen LogP contribution is 2.22. The van der Waals surface area contributed by atoms with Gasteiger partial charge in [0.25, 0.3) is 5.91 Å². The molecule has 150 valence electrons. The van der Waals surface area contributed by atoms with Gasteiger partial charge in [-0.05, 0) is 35.4 Å². The first-order chi connectivity index (χ1) is 14.0. The molecule has 0 radical (unpaired) electrons. The van der Waals surface area contributed by atoms with Crippen molar-refractivity contribution in [3.8, 4) is 5.75 Å².